The Labute approximate surface area is 125 Å². The maximum absolute atomic E-state index is 12.3. The lowest BCUT2D eigenvalue weighted by atomic mass is 10.3. The number of sulfonamides is 1. The Bertz CT molecular complexity index is 597. The van der Waals surface area contributed by atoms with Crippen molar-refractivity contribution in [3.63, 3.8) is 0 Å². The number of rotatable bonds is 8. The van der Waals surface area contributed by atoms with E-state index in [1.807, 2.05) is 6.92 Å². The highest BCUT2D eigenvalue weighted by Gasteiger charge is 2.24. The van der Waals surface area contributed by atoms with Crippen molar-refractivity contribution in [1.29, 1.82) is 0 Å². The second kappa shape index (κ2) is 6.91. The third-order valence-electron chi connectivity index (χ3n) is 3.11. The van der Waals surface area contributed by atoms with Gasteiger partial charge in [0.2, 0.25) is 15.9 Å². The fourth-order valence-corrected chi connectivity index (χ4v) is 3.02. The Hall–Kier alpha value is -1.60. The molecule has 0 radical (unpaired) electrons. The molecule has 6 nitrogen and oxygen atoms in total. The molecule has 0 heterocycles. The molecule has 1 saturated carbocycles. The van der Waals surface area contributed by atoms with Gasteiger partial charge in [-0.1, -0.05) is 19.1 Å². The number of hydrogen-bond acceptors (Lipinski definition) is 4. The molecule has 0 bridgehead atoms. The monoisotopic (exact) mass is 311 g/mol. The quantitative estimate of drug-likeness (QED) is 0.670. The summed E-state index contributed by atoms with van der Waals surface area (Å²) in [6.45, 7) is 2.46. The van der Waals surface area contributed by atoms with E-state index in [1.54, 1.807) is 18.2 Å². The number of amides is 1. The van der Waals surface area contributed by atoms with Crippen molar-refractivity contribution in [3.05, 3.63) is 24.3 Å². The van der Waals surface area contributed by atoms with Crippen molar-refractivity contribution >= 4 is 21.6 Å². The SMILES string of the molecule is CCCNc1ccccc1S(=O)(=O)NCC(=O)NC1CC1. The number of carbonyl (C=O) groups is 1. The summed E-state index contributed by atoms with van der Waals surface area (Å²) in [5.41, 5.74) is 0.550. The van der Waals surface area contributed by atoms with E-state index in [0.29, 0.717) is 12.2 Å². The molecule has 1 aromatic rings. The van der Waals surface area contributed by atoms with E-state index >= 15 is 0 Å². The molecule has 1 amide bonds. The molecule has 1 fully saturated rings. The first-order valence-corrected chi connectivity index (χ1v) is 8.63. The van der Waals surface area contributed by atoms with E-state index in [2.05, 4.69) is 15.4 Å². The van der Waals surface area contributed by atoms with E-state index in [4.69, 9.17) is 0 Å². The fraction of sp³-hybridized carbons (Fsp3) is 0.500. The van der Waals surface area contributed by atoms with Gasteiger partial charge in [-0.3, -0.25) is 4.79 Å². The summed E-state index contributed by atoms with van der Waals surface area (Å²) in [6.07, 6.45) is 2.84. The van der Waals surface area contributed by atoms with Crippen LogP contribution in [0, 0.1) is 0 Å². The largest absolute Gasteiger partial charge is 0.384 e. The second-order valence-electron chi connectivity index (χ2n) is 5.09. The van der Waals surface area contributed by atoms with Crippen molar-refractivity contribution in [2.45, 2.75) is 37.1 Å². The van der Waals surface area contributed by atoms with Gasteiger partial charge < -0.3 is 10.6 Å². The summed E-state index contributed by atoms with van der Waals surface area (Å²) < 4.78 is 26.9. The highest BCUT2D eigenvalue weighted by atomic mass is 32.2. The molecule has 21 heavy (non-hydrogen) atoms. The van der Waals surface area contributed by atoms with Gasteiger partial charge in [-0.2, -0.15) is 0 Å². The lowest BCUT2D eigenvalue weighted by molar-refractivity contribution is -0.120. The van der Waals surface area contributed by atoms with Crippen LogP contribution in [0.1, 0.15) is 26.2 Å². The Morgan fingerprint density at radius 3 is 2.67 bits per heavy atom. The van der Waals surface area contributed by atoms with Gasteiger partial charge in [0, 0.05) is 12.6 Å². The molecule has 3 N–H and O–H groups in total. The standard InChI is InChI=1S/C14H21N3O3S/c1-2-9-15-12-5-3-4-6-13(12)21(19,20)16-10-14(18)17-11-7-8-11/h3-6,11,15-16H,2,7-10H2,1H3,(H,17,18). The number of anilines is 1. The minimum atomic E-state index is -3.71. The molecule has 0 saturated heterocycles. The third kappa shape index (κ3) is 4.71. The molecule has 0 aliphatic heterocycles. The molecule has 7 heteroatoms. The average molecular weight is 311 g/mol. The van der Waals surface area contributed by atoms with Crippen LogP contribution in [0.15, 0.2) is 29.2 Å². The summed E-state index contributed by atoms with van der Waals surface area (Å²) in [6, 6.07) is 6.90. The van der Waals surface area contributed by atoms with Crippen LogP contribution in [0.4, 0.5) is 5.69 Å². The highest BCUT2D eigenvalue weighted by Crippen LogP contribution is 2.21. The van der Waals surface area contributed by atoms with Gasteiger partial charge in [-0.25, -0.2) is 13.1 Å². The minimum absolute atomic E-state index is 0.165. The number of benzene rings is 1. The number of para-hydroxylation sites is 1. The number of nitrogens with one attached hydrogen (secondary N) is 3. The molecule has 0 aromatic heterocycles. The zero-order chi connectivity index (χ0) is 15.3. The smallest absolute Gasteiger partial charge is 0.243 e. The number of carbonyl (C=O) groups excluding carboxylic acids is 1. The molecule has 116 valence electrons. The summed E-state index contributed by atoms with van der Waals surface area (Å²) >= 11 is 0. The van der Waals surface area contributed by atoms with Gasteiger partial charge in [0.05, 0.1) is 12.2 Å². The van der Waals surface area contributed by atoms with Crippen LogP contribution in [0.25, 0.3) is 0 Å². The van der Waals surface area contributed by atoms with Gasteiger partial charge in [0.1, 0.15) is 4.90 Å². The van der Waals surface area contributed by atoms with Crippen molar-refractivity contribution in [3.8, 4) is 0 Å². The lowest BCUT2D eigenvalue weighted by Crippen LogP contribution is -2.38. The minimum Gasteiger partial charge on any atom is -0.384 e. The van der Waals surface area contributed by atoms with E-state index in [1.165, 1.54) is 6.07 Å². The average Bonchev–Trinajstić information content (AvgIpc) is 3.27. The van der Waals surface area contributed by atoms with Gasteiger partial charge in [0.15, 0.2) is 0 Å². The lowest BCUT2D eigenvalue weighted by Gasteiger charge is -2.12. The molecular weight excluding hydrogens is 290 g/mol. The van der Waals surface area contributed by atoms with Crippen LogP contribution in [0.3, 0.4) is 0 Å². The van der Waals surface area contributed by atoms with Crippen molar-refractivity contribution in [1.82, 2.24) is 10.0 Å². The molecule has 0 atom stereocenters. The molecule has 1 aromatic carbocycles. The molecule has 1 aliphatic rings. The van der Waals surface area contributed by atoms with Crippen LogP contribution >= 0.6 is 0 Å². The molecule has 1 aliphatic carbocycles. The Balaban J connectivity index is 2.02. The fourth-order valence-electron chi connectivity index (χ4n) is 1.85. The van der Waals surface area contributed by atoms with E-state index in [0.717, 1.165) is 19.3 Å². The normalized spacial score (nSPS) is 14.7. The maximum atomic E-state index is 12.3. The van der Waals surface area contributed by atoms with Crippen LogP contribution in [-0.2, 0) is 14.8 Å². The Morgan fingerprint density at radius 1 is 1.29 bits per heavy atom. The third-order valence-corrected chi connectivity index (χ3v) is 4.57. The zero-order valence-electron chi connectivity index (χ0n) is 12.1. The maximum Gasteiger partial charge on any atom is 0.243 e. The topological polar surface area (TPSA) is 87.3 Å². The van der Waals surface area contributed by atoms with Gasteiger partial charge in [-0.05, 0) is 31.4 Å². The zero-order valence-corrected chi connectivity index (χ0v) is 12.9. The van der Waals surface area contributed by atoms with Crippen LogP contribution in [-0.4, -0.2) is 33.5 Å². The van der Waals surface area contributed by atoms with Crippen LogP contribution in [0.5, 0.6) is 0 Å². The van der Waals surface area contributed by atoms with Gasteiger partial charge in [0.25, 0.3) is 0 Å². The number of hydrogen-bond donors (Lipinski definition) is 3. The molecular formula is C14H21N3O3S. The predicted octanol–water partition coefficient (Wildman–Crippen LogP) is 1.07. The predicted molar refractivity (Wildman–Crippen MR) is 81.6 cm³/mol. The summed E-state index contributed by atoms with van der Waals surface area (Å²) in [7, 11) is -3.71. The van der Waals surface area contributed by atoms with Crippen LogP contribution in [0.2, 0.25) is 0 Å². The molecule has 0 spiro atoms. The van der Waals surface area contributed by atoms with Crippen molar-refractivity contribution in [2.24, 2.45) is 0 Å². The second-order valence-corrected chi connectivity index (χ2v) is 6.82. The highest BCUT2D eigenvalue weighted by molar-refractivity contribution is 7.89. The first-order valence-electron chi connectivity index (χ1n) is 7.15. The summed E-state index contributed by atoms with van der Waals surface area (Å²) in [5.74, 6) is -0.292. The first-order chi connectivity index (χ1) is 10.0. The summed E-state index contributed by atoms with van der Waals surface area (Å²) in [5, 5.41) is 5.82. The van der Waals surface area contributed by atoms with E-state index in [-0.39, 0.29) is 23.4 Å². The van der Waals surface area contributed by atoms with E-state index in [9.17, 15) is 13.2 Å². The molecule has 0 unspecified atom stereocenters. The molecule has 2 rings (SSSR count). The first kappa shape index (κ1) is 15.8. The van der Waals surface area contributed by atoms with Crippen LogP contribution < -0.4 is 15.4 Å². The van der Waals surface area contributed by atoms with Crippen molar-refractivity contribution < 1.29 is 13.2 Å². The van der Waals surface area contributed by atoms with Gasteiger partial charge in [-0.15, -0.1) is 0 Å². The van der Waals surface area contributed by atoms with Crippen molar-refractivity contribution in [2.75, 3.05) is 18.4 Å². The van der Waals surface area contributed by atoms with E-state index < -0.39 is 10.0 Å². The Kier molecular flexibility index (Phi) is 5.19. The Morgan fingerprint density at radius 2 is 2.00 bits per heavy atom. The van der Waals surface area contributed by atoms with Gasteiger partial charge >= 0.3 is 0 Å². The summed E-state index contributed by atoms with van der Waals surface area (Å²) in [4.78, 5) is 11.7.